The van der Waals surface area contributed by atoms with Crippen LogP contribution in [0.25, 0.3) is 27.8 Å². The van der Waals surface area contributed by atoms with Gasteiger partial charge in [0.25, 0.3) is 0 Å². The third-order valence-corrected chi connectivity index (χ3v) is 4.18. The second-order valence-electron chi connectivity index (χ2n) is 5.92. The molecule has 0 saturated heterocycles. The average Bonchev–Trinajstić information content (AvgIpc) is 3.06. The molecule has 0 unspecified atom stereocenters. The van der Waals surface area contributed by atoms with Crippen LogP contribution in [0.4, 0.5) is 4.39 Å². The third kappa shape index (κ3) is 3.92. The Kier molecular flexibility index (Phi) is 5.40. The molecule has 2 aromatic heterocycles. The molecule has 5 nitrogen and oxygen atoms in total. The van der Waals surface area contributed by atoms with Crippen LogP contribution in [0.3, 0.4) is 0 Å². The fraction of sp³-hybridized carbons (Fsp3) is 0.0500. The quantitative estimate of drug-likeness (QED) is 0.451. The van der Waals surface area contributed by atoms with E-state index in [0.717, 1.165) is 33.4 Å². The van der Waals surface area contributed by atoms with Gasteiger partial charge >= 0.3 is 24.8 Å². The van der Waals surface area contributed by atoms with Crippen molar-refractivity contribution in [1.29, 1.82) is 0 Å². The van der Waals surface area contributed by atoms with E-state index in [9.17, 15) is 9.18 Å². The number of pyridine rings is 1. The molecular weight excluding hydrogens is 340 g/mol. The van der Waals surface area contributed by atoms with Gasteiger partial charge in [-0.05, 0) is 47.5 Å². The van der Waals surface area contributed by atoms with E-state index in [-0.39, 0.29) is 25.3 Å². The second-order valence-corrected chi connectivity index (χ2v) is 5.92. The Morgan fingerprint density at radius 3 is 2.41 bits per heavy atom. The van der Waals surface area contributed by atoms with Gasteiger partial charge in [0.1, 0.15) is 6.33 Å². The van der Waals surface area contributed by atoms with Gasteiger partial charge in [0.05, 0.1) is 17.5 Å². The van der Waals surface area contributed by atoms with E-state index >= 15 is 0 Å². The predicted molar refractivity (Wildman–Crippen MR) is 103 cm³/mol. The Balaban J connectivity index is 0.00000210. The molecule has 130 valence electrons. The summed E-state index contributed by atoms with van der Waals surface area (Å²) in [6, 6.07) is 16.2. The van der Waals surface area contributed by atoms with Gasteiger partial charge < -0.3 is 5.11 Å². The summed E-state index contributed by atoms with van der Waals surface area (Å²) in [6.45, 7) is 0. The molecular formula is C20H15FLiN3O2. The number of aromatic nitrogens is 3. The van der Waals surface area contributed by atoms with Crippen LogP contribution in [0.1, 0.15) is 5.56 Å². The SMILES string of the molecule is O=C(O)Cc1ccc(-n2cnc3cc(-c4ccc(F)nc4)ccc32)cc1.[LiH]. The van der Waals surface area contributed by atoms with Crippen LogP contribution in [0, 0.1) is 5.95 Å². The summed E-state index contributed by atoms with van der Waals surface area (Å²) in [5.74, 6) is -1.36. The number of carbonyl (C=O) groups is 1. The monoisotopic (exact) mass is 355 g/mol. The van der Waals surface area contributed by atoms with Gasteiger partial charge in [-0.2, -0.15) is 4.39 Å². The number of nitrogens with zero attached hydrogens (tertiary/aromatic N) is 3. The van der Waals surface area contributed by atoms with Gasteiger partial charge in [-0.25, -0.2) is 9.97 Å². The van der Waals surface area contributed by atoms with E-state index in [4.69, 9.17) is 5.11 Å². The standard InChI is InChI=1S/C20H14FN3O2.Li.H/c21-19-8-4-15(11-22-19)14-3-7-18-17(10-14)23-12-24(18)16-5-1-13(2-6-16)9-20(25)26;;/h1-8,10-12H,9H2,(H,25,26);;. The van der Waals surface area contributed by atoms with E-state index in [1.54, 1.807) is 24.5 Å². The van der Waals surface area contributed by atoms with Crippen molar-refractivity contribution in [1.82, 2.24) is 14.5 Å². The van der Waals surface area contributed by atoms with E-state index in [0.29, 0.717) is 0 Å². The van der Waals surface area contributed by atoms with Crippen LogP contribution in [-0.2, 0) is 11.2 Å². The Labute approximate surface area is 166 Å². The number of imidazole rings is 1. The molecule has 2 aromatic carbocycles. The third-order valence-electron chi connectivity index (χ3n) is 4.18. The van der Waals surface area contributed by atoms with E-state index in [1.165, 1.54) is 12.3 Å². The molecule has 0 atom stereocenters. The maximum absolute atomic E-state index is 13.0. The van der Waals surface area contributed by atoms with Gasteiger partial charge in [-0.3, -0.25) is 9.36 Å². The van der Waals surface area contributed by atoms with Gasteiger partial charge in [0.15, 0.2) is 0 Å². The summed E-state index contributed by atoms with van der Waals surface area (Å²) < 4.78 is 14.9. The number of halogens is 1. The molecule has 0 aliphatic carbocycles. The van der Waals surface area contributed by atoms with Crippen molar-refractivity contribution < 1.29 is 14.3 Å². The fourth-order valence-corrected chi connectivity index (χ4v) is 2.89. The number of rotatable bonds is 4. The summed E-state index contributed by atoms with van der Waals surface area (Å²) in [4.78, 5) is 18.9. The molecule has 7 heteroatoms. The Morgan fingerprint density at radius 2 is 1.74 bits per heavy atom. The first-order valence-corrected chi connectivity index (χ1v) is 8.00. The van der Waals surface area contributed by atoms with E-state index in [1.807, 2.05) is 34.9 Å². The zero-order valence-corrected chi connectivity index (χ0v) is 13.6. The van der Waals surface area contributed by atoms with Crippen molar-refractivity contribution in [2.24, 2.45) is 0 Å². The minimum absolute atomic E-state index is 0. The minimum atomic E-state index is -0.853. The first-order chi connectivity index (χ1) is 12.6. The van der Waals surface area contributed by atoms with Crippen LogP contribution >= 0.6 is 0 Å². The van der Waals surface area contributed by atoms with Crippen LogP contribution in [0.15, 0.2) is 67.1 Å². The summed E-state index contributed by atoms with van der Waals surface area (Å²) >= 11 is 0. The molecule has 0 fully saturated rings. The molecule has 0 spiro atoms. The first-order valence-electron chi connectivity index (χ1n) is 8.00. The Morgan fingerprint density at radius 1 is 1.00 bits per heavy atom. The van der Waals surface area contributed by atoms with Crippen molar-refractivity contribution in [2.75, 3.05) is 0 Å². The van der Waals surface area contributed by atoms with Crippen molar-refractivity contribution in [2.45, 2.75) is 6.42 Å². The summed E-state index contributed by atoms with van der Waals surface area (Å²) in [5, 5.41) is 8.86. The second kappa shape index (κ2) is 7.75. The summed E-state index contributed by atoms with van der Waals surface area (Å²) in [5.41, 5.74) is 5.11. The number of aliphatic carboxylic acids is 1. The zero-order valence-electron chi connectivity index (χ0n) is 13.6. The van der Waals surface area contributed by atoms with Gasteiger partial charge in [-0.15, -0.1) is 0 Å². The van der Waals surface area contributed by atoms with Gasteiger partial charge in [-0.1, -0.05) is 18.2 Å². The van der Waals surface area contributed by atoms with Gasteiger partial charge in [0.2, 0.25) is 5.95 Å². The number of carboxylic acids is 1. The number of hydrogen-bond donors (Lipinski definition) is 1. The first kappa shape index (κ1) is 18.8. The van der Waals surface area contributed by atoms with Gasteiger partial charge in [0, 0.05) is 17.4 Å². The zero-order chi connectivity index (χ0) is 18.1. The maximum atomic E-state index is 13.0. The summed E-state index contributed by atoms with van der Waals surface area (Å²) in [6.07, 6.45) is 3.22. The van der Waals surface area contributed by atoms with Crippen LogP contribution in [0.5, 0.6) is 0 Å². The molecule has 4 aromatic rings. The number of benzene rings is 2. The van der Waals surface area contributed by atoms with Crippen LogP contribution < -0.4 is 0 Å². The molecule has 2 heterocycles. The Bertz CT molecular complexity index is 1090. The molecule has 0 aliphatic rings. The van der Waals surface area contributed by atoms with Crippen LogP contribution in [-0.4, -0.2) is 44.5 Å². The molecule has 0 saturated carbocycles. The van der Waals surface area contributed by atoms with Crippen molar-refractivity contribution in [3.05, 3.63) is 78.6 Å². The molecule has 4 rings (SSSR count). The Hall–Kier alpha value is -2.94. The van der Waals surface area contributed by atoms with Crippen molar-refractivity contribution >= 4 is 35.9 Å². The summed E-state index contributed by atoms with van der Waals surface area (Å²) in [7, 11) is 0. The van der Waals surface area contributed by atoms with Crippen molar-refractivity contribution in [3.8, 4) is 16.8 Å². The van der Waals surface area contributed by atoms with Crippen LogP contribution in [0.2, 0.25) is 0 Å². The predicted octanol–water partition coefficient (Wildman–Crippen LogP) is 3.21. The molecule has 27 heavy (non-hydrogen) atoms. The van der Waals surface area contributed by atoms with E-state index < -0.39 is 11.9 Å². The fourth-order valence-electron chi connectivity index (χ4n) is 2.89. The topological polar surface area (TPSA) is 68.0 Å². The molecule has 0 amide bonds. The molecule has 0 aliphatic heterocycles. The molecule has 0 bridgehead atoms. The average molecular weight is 355 g/mol. The number of fused-ring (bicyclic) bond motifs is 1. The van der Waals surface area contributed by atoms with Crippen molar-refractivity contribution in [3.63, 3.8) is 0 Å². The number of carboxylic acid groups (broad SMARTS) is 1. The molecule has 0 radical (unpaired) electrons. The normalized spacial score (nSPS) is 10.6. The number of hydrogen-bond acceptors (Lipinski definition) is 3. The molecule has 1 N–H and O–H groups in total. The van der Waals surface area contributed by atoms with E-state index in [2.05, 4.69) is 9.97 Å².